The van der Waals surface area contributed by atoms with Crippen molar-refractivity contribution in [2.45, 2.75) is 13.8 Å². The van der Waals surface area contributed by atoms with Gasteiger partial charge in [-0.05, 0) is 57.3 Å². The number of nitrogens with zero attached hydrogens (tertiary/aromatic N) is 3. The molecule has 8 heteroatoms. The number of rotatable bonds is 8. The molecule has 1 aromatic heterocycles. The molecule has 0 spiro atoms. The number of hydrogen-bond acceptors (Lipinski definition) is 6. The molecule has 6 nitrogen and oxygen atoms in total. The summed E-state index contributed by atoms with van der Waals surface area (Å²) in [5.74, 6) is 1.02. The summed E-state index contributed by atoms with van der Waals surface area (Å²) in [6.07, 6.45) is 0. The number of likely N-dealkylation sites (N-methyl/N-ethyl adjacent to an activating group) is 1. The third-order valence-electron chi connectivity index (χ3n) is 4.80. The molecular weight excluding hydrogens is 422 g/mol. The summed E-state index contributed by atoms with van der Waals surface area (Å²) in [6, 6.07) is 11.5. The van der Waals surface area contributed by atoms with Crippen molar-refractivity contribution in [3.05, 3.63) is 47.5 Å². The van der Waals surface area contributed by atoms with Gasteiger partial charge < -0.3 is 14.4 Å². The summed E-state index contributed by atoms with van der Waals surface area (Å²) >= 11 is 1.53. The number of ether oxygens (including phenoxy) is 2. The summed E-state index contributed by atoms with van der Waals surface area (Å²) in [5, 5.41) is 0.698. The van der Waals surface area contributed by atoms with Crippen molar-refractivity contribution in [1.82, 2.24) is 9.88 Å². The molecule has 162 valence electrons. The van der Waals surface area contributed by atoms with Gasteiger partial charge in [-0.3, -0.25) is 9.69 Å². The molecule has 0 N–H and O–H groups in total. The average Bonchev–Trinajstić information content (AvgIpc) is 3.14. The number of aromatic nitrogens is 1. The van der Waals surface area contributed by atoms with E-state index in [-0.39, 0.29) is 24.9 Å². The number of aryl methyl sites for hydroxylation is 2. The molecule has 0 bridgehead atoms. The predicted octanol–water partition coefficient (Wildman–Crippen LogP) is 4.32. The third-order valence-corrected chi connectivity index (χ3v) is 5.84. The van der Waals surface area contributed by atoms with Crippen LogP contribution >= 0.6 is 23.7 Å². The summed E-state index contributed by atoms with van der Waals surface area (Å²) in [5.41, 5.74) is 3.30. The molecule has 0 saturated carbocycles. The van der Waals surface area contributed by atoms with Crippen molar-refractivity contribution in [2.24, 2.45) is 0 Å². The Kier molecular flexibility index (Phi) is 8.46. The maximum atomic E-state index is 13.1. The molecule has 1 amide bonds. The number of hydrogen-bond donors (Lipinski definition) is 0. The molecule has 0 atom stereocenters. The van der Waals surface area contributed by atoms with Gasteiger partial charge >= 0.3 is 0 Å². The summed E-state index contributed by atoms with van der Waals surface area (Å²) in [6.45, 7) is 5.33. The SMILES string of the molecule is COc1ccccc1OCC(=O)N(CCN(C)C)c1nc2c(C)c(C)ccc2s1.Cl. The van der Waals surface area contributed by atoms with E-state index in [1.807, 2.05) is 37.2 Å². The molecule has 0 fully saturated rings. The zero-order valence-electron chi connectivity index (χ0n) is 18.0. The first-order valence-corrected chi connectivity index (χ1v) is 10.3. The van der Waals surface area contributed by atoms with Crippen LogP contribution in [0.4, 0.5) is 5.13 Å². The van der Waals surface area contributed by atoms with Crippen molar-refractivity contribution in [1.29, 1.82) is 0 Å². The molecule has 0 aliphatic carbocycles. The van der Waals surface area contributed by atoms with Crippen LogP contribution < -0.4 is 14.4 Å². The highest BCUT2D eigenvalue weighted by molar-refractivity contribution is 7.22. The van der Waals surface area contributed by atoms with E-state index in [1.165, 1.54) is 16.9 Å². The number of amides is 1. The first-order valence-electron chi connectivity index (χ1n) is 9.48. The number of carbonyl (C=O) groups excluding carboxylic acids is 1. The number of carbonyl (C=O) groups is 1. The number of halogens is 1. The van der Waals surface area contributed by atoms with Gasteiger partial charge in [0.05, 0.1) is 17.3 Å². The van der Waals surface area contributed by atoms with Gasteiger partial charge in [-0.2, -0.15) is 0 Å². The topological polar surface area (TPSA) is 54.9 Å². The van der Waals surface area contributed by atoms with Crippen LogP contribution in [0.1, 0.15) is 11.1 Å². The molecule has 3 aromatic rings. The van der Waals surface area contributed by atoms with Crippen LogP contribution in [-0.4, -0.2) is 56.7 Å². The number of benzene rings is 2. The first-order chi connectivity index (χ1) is 13.9. The van der Waals surface area contributed by atoms with Gasteiger partial charge in [-0.25, -0.2) is 4.98 Å². The number of anilines is 1. The lowest BCUT2D eigenvalue weighted by Gasteiger charge is -2.22. The van der Waals surface area contributed by atoms with Gasteiger partial charge in [0.25, 0.3) is 5.91 Å². The van der Waals surface area contributed by atoms with Crippen LogP contribution in [-0.2, 0) is 4.79 Å². The van der Waals surface area contributed by atoms with Crippen LogP contribution in [0.5, 0.6) is 11.5 Å². The van der Waals surface area contributed by atoms with Crippen LogP contribution in [0.15, 0.2) is 36.4 Å². The molecule has 1 heterocycles. The van der Waals surface area contributed by atoms with E-state index >= 15 is 0 Å². The van der Waals surface area contributed by atoms with Crippen LogP contribution in [0.3, 0.4) is 0 Å². The second kappa shape index (κ2) is 10.6. The largest absolute Gasteiger partial charge is 0.493 e. The van der Waals surface area contributed by atoms with E-state index in [0.717, 1.165) is 22.3 Å². The van der Waals surface area contributed by atoms with Gasteiger partial charge in [0.1, 0.15) is 0 Å². The fourth-order valence-electron chi connectivity index (χ4n) is 2.91. The van der Waals surface area contributed by atoms with Crippen molar-refractivity contribution >= 4 is 45.0 Å². The minimum absolute atomic E-state index is 0. The molecule has 3 rings (SSSR count). The molecule has 0 aliphatic rings. The van der Waals surface area contributed by atoms with E-state index < -0.39 is 0 Å². The Morgan fingerprint density at radius 3 is 2.43 bits per heavy atom. The highest BCUT2D eigenvalue weighted by Gasteiger charge is 2.21. The Labute approximate surface area is 187 Å². The lowest BCUT2D eigenvalue weighted by molar-refractivity contribution is -0.120. The number of fused-ring (bicyclic) bond motifs is 1. The lowest BCUT2D eigenvalue weighted by atomic mass is 10.1. The number of methoxy groups -OCH3 is 1. The monoisotopic (exact) mass is 449 g/mol. The third kappa shape index (κ3) is 5.41. The van der Waals surface area contributed by atoms with E-state index in [4.69, 9.17) is 14.5 Å². The van der Waals surface area contributed by atoms with E-state index in [0.29, 0.717) is 23.2 Å². The van der Waals surface area contributed by atoms with Gasteiger partial charge in [0, 0.05) is 13.1 Å². The van der Waals surface area contributed by atoms with Crippen molar-refractivity contribution in [3.8, 4) is 11.5 Å². The number of para-hydroxylation sites is 2. The quantitative estimate of drug-likeness (QED) is 0.512. The van der Waals surface area contributed by atoms with Gasteiger partial charge in [-0.15, -0.1) is 12.4 Å². The Balaban J connectivity index is 0.00000320. The molecular formula is C22H28ClN3O3S. The van der Waals surface area contributed by atoms with Crippen molar-refractivity contribution < 1.29 is 14.3 Å². The van der Waals surface area contributed by atoms with Gasteiger partial charge in [0.15, 0.2) is 23.2 Å². The average molecular weight is 450 g/mol. The normalized spacial score (nSPS) is 10.7. The summed E-state index contributed by atoms with van der Waals surface area (Å²) in [4.78, 5) is 21.6. The van der Waals surface area contributed by atoms with E-state index in [1.54, 1.807) is 18.1 Å². The molecule has 2 aromatic carbocycles. The minimum Gasteiger partial charge on any atom is -0.493 e. The first kappa shape index (κ1) is 23.9. The molecule has 0 unspecified atom stereocenters. The van der Waals surface area contributed by atoms with Crippen LogP contribution in [0.2, 0.25) is 0 Å². The molecule has 0 aliphatic heterocycles. The number of thiazole rings is 1. The van der Waals surface area contributed by atoms with E-state index in [2.05, 4.69) is 26.0 Å². The second-order valence-corrected chi connectivity index (χ2v) is 8.15. The maximum absolute atomic E-state index is 13.1. The van der Waals surface area contributed by atoms with E-state index in [9.17, 15) is 4.79 Å². The van der Waals surface area contributed by atoms with Gasteiger partial charge in [-0.1, -0.05) is 29.5 Å². The predicted molar refractivity (Wildman–Crippen MR) is 126 cm³/mol. The second-order valence-electron chi connectivity index (χ2n) is 7.14. The van der Waals surface area contributed by atoms with Crippen molar-refractivity contribution in [3.63, 3.8) is 0 Å². The highest BCUT2D eigenvalue weighted by Crippen LogP contribution is 2.32. The highest BCUT2D eigenvalue weighted by atomic mass is 35.5. The van der Waals surface area contributed by atoms with Gasteiger partial charge in [0.2, 0.25) is 0 Å². The van der Waals surface area contributed by atoms with Crippen LogP contribution in [0, 0.1) is 13.8 Å². The zero-order valence-corrected chi connectivity index (χ0v) is 19.6. The maximum Gasteiger partial charge on any atom is 0.266 e. The van der Waals surface area contributed by atoms with Crippen LogP contribution in [0.25, 0.3) is 10.2 Å². The summed E-state index contributed by atoms with van der Waals surface area (Å²) in [7, 11) is 5.55. The Morgan fingerprint density at radius 2 is 1.77 bits per heavy atom. The smallest absolute Gasteiger partial charge is 0.266 e. The van der Waals surface area contributed by atoms with Crippen molar-refractivity contribution in [2.75, 3.05) is 45.8 Å². The fraction of sp³-hybridized carbons (Fsp3) is 0.364. The zero-order chi connectivity index (χ0) is 21.0. The Hall–Kier alpha value is -2.35. The standard InChI is InChI=1S/C22H27N3O3S.ClH/c1-15-10-11-19-21(16(15)2)23-22(29-19)25(13-12-24(3)4)20(26)14-28-18-9-7-6-8-17(18)27-5;/h6-11H,12-14H2,1-5H3;1H. The minimum atomic E-state index is -0.133. The Morgan fingerprint density at radius 1 is 1.07 bits per heavy atom. The fourth-order valence-corrected chi connectivity index (χ4v) is 3.98. The molecule has 0 radical (unpaired) electrons. The molecule has 30 heavy (non-hydrogen) atoms. The Bertz CT molecular complexity index is 1010. The molecule has 0 saturated heterocycles. The summed E-state index contributed by atoms with van der Waals surface area (Å²) < 4.78 is 12.1. The lowest BCUT2D eigenvalue weighted by Crippen LogP contribution is -2.39.